The average molecular weight is 430 g/mol. The van der Waals surface area contributed by atoms with E-state index in [-0.39, 0.29) is 24.2 Å². The molecule has 0 aliphatic rings. The molecule has 1 atom stereocenters. The zero-order valence-electron chi connectivity index (χ0n) is 17.1. The first-order valence-electron chi connectivity index (χ1n) is 9.43. The van der Waals surface area contributed by atoms with Crippen molar-refractivity contribution < 1.29 is 23.4 Å². The second kappa shape index (κ2) is 10.1. The van der Waals surface area contributed by atoms with E-state index >= 15 is 0 Å². The molecule has 1 aromatic heterocycles. The summed E-state index contributed by atoms with van der Waals surface area (Å²) in [6.07, 6.45) is 0.727. The number of carbonyl (C=O) groups is 1. The number of carbonyl (C=O) groups excluding carboxylic acids is 1. The predicted molar refractivity (Wildman–Crippen MR) is 115 cm³/mol. The number of aryl methyl sites for hydroxylation is 1. The second-order valence-corrected chi connectivity index (χ2v) is 7.54. The number of thiophene rings is 1. The first-order chi connectivity index (χ1) is 14.6. The standard InChI is InChI=1S/C23H24FNO4S/c1-27-18-12-8-16(22(28-2)23(18)29-3)9-13-20(26)25-21(19-5-4-14-30-19)15-6-10-17(24)11-7-15/h4-8,10-12,14,21H,9,13H2,1-3H3,(H,25,26). The maximum Gasteiger partial charge on any atom is 0.221 e. The summed E-state index contributed by atoms with van der Waals surface area (Å²) >= 11 is 1.54. The lowest BCUT2D eigenvalue weighted by atomic mass is 10.0. The fourth-order valence-electron chi connectivity index (χ4n) is 3.27. The maximum atomic E-state index is 13.3. The molecule has 0 fully saturated rings. The van der Waals surface area contributed by atoms with Gasteiger partial charge >= 0.3 is 0 Å². The minimum absolute atomic E-state index is 0.116. The summed E-state index contributed by atoms with van der Waals surface area (Å²) in [5, 5.41) is 5.02. The van der Waals surface area contributed by atoms with Crippen molar-refractivity contribution in [2.45, 2.75) is 18.9 Å². The van der Waals surface area contributed by atoms with Gasteiger partial charge in [0.25, 0.3) is 0 Å². The third kappa shape index (κ3) is 4.91. The Morgan fingerprint density at radius 1 is 1.00 bits per heavy atom. The quantitative estimate of drug-likeness (QED) is 0.533. The van der Waals surface area contributed by atoms with E-state index in [9.17, 15) is 9.18 Å². The van der Waals surface area contributed by atoms with E-state index in [1.54, 1.807) is 50.9 Å². The molecule has 0 spiro atoms. The van der Waals surface area contributed by atoms with E-state index in [0.29, 0.717) is 23.7 Å². The lowest BCUT2D eigenvalue weighted by molar-refractivity contribution is -0.121. The summed E-state index contributed by atoms with van der Waals surface area (Å²) in [6.45, 7) is 0. The van der Waals surface area contributed by atoms with Gasteiger partial charge in [-0.25, -0.2) is 4.39 Å². The molecular formula is C23H24FNO4S. The van der Waals surface area contributed by atoms with E-state index in [1.807, 2.05) is 23.6 Å². The van der Waals surface area contributed by atoms with Crippen molar-refractivity contribution in [3.05, 3.63) is 75.7 Å². The van der Waals surface area contributed by atoms with Crippen molar-refractivity contribution in [1.82, 2.24) is 5.32 Å². The van der Waals surface area contributed by atoms with Crippen LogP contribution in [0.15, 0.2) is 53.9 Å². The average Bonchev–Trinajstić information content (AvgIpc) is 3.30. The van der Waals surface area contributed by atoms with Crippen molar-refractivity contribution in [3.63, 3.8) is 0 Å². The van der Waals surface area contributed by atoms with Gasteiger partial charge in [0.2, 0.25) is 11.7 Å². The Kier molecular flexibility index (Phi) is 7.30. The van der Waals surface area contributed by atoms with Gasteiger partial charge in [0.05, 0.1) is 27.4 Å². The largest absolute Gasteiger partial charge is 0.493 e. The van der Waals surface area contributed by atoms with Crippen LogP contribution in [0.3, 0.4) is 0 Å². The minimum atomic E-state index is -0.328. The molecule has 5 nitrogen and oxygen atoms in total. The van der Waals surface area contributed by atoms with Crippen molar-refractivity contribution in [2.24, 2.45) is 0 Å². The van der Waals surface area contributed by atoms with Crippen molar-refractivity contribution in [2.75, 3.05) is 21.3 Å². The number of methoxy groups -OCH3 is 3. The molecule has 3 aromatic rings. The molecule has 0 bridgehead atoms. The molecule has 1 unspecified atom stereocenters. The van der Waals surface area contributed by atoms with Crippen LogP contribution < -0.4 is 19.5 Å². The normalized spacial score (nSPS) is 11.6. The number of hydrogen-bond donors (Lipinski definition) is 1. The number of amides is 1. The SMILES string of the molecule is COc1ccc(CCC(=O)NC(c2ccc(F)cc2)c2cccs2)c(OC)c1OC. The first kappa shape index (κ1) is 21.6. The van der Waals surface area contributed by atoms with E-state index in [0.717, 1.165) is 16.0 Å². The fourth-order valence-corrected chi connectivity index (χ4v) is 4.07. The Bertz CT molecular complexity index is 974. The minimum Gasteiger partial charge on any atom is -0.493 e. The molecule has 1 amide bonds. The van der Waals surface area contributed by atoms with Crippen molar-refractivity contribution in [3.8, 4) is 17.2 Å². The number of rotatable bonds is 9. The lowest BCUT2D eigenvalue weighted by Crippen LogP contribution is -2.29. The van der Waals surface area contributed by atoms with Gasteiger partial charge < -0.3 is 19.5 Å². The highest BCUT2D eigenvalue weighted by molar-refractivity contribution is 7.10. The summed E-state index contributed by atoms with van der Waals surface area (Å²) in [5.41, 5.74) is 1.68. The highest BCUT2D eigenvalue weighted by Gasteiger charge is 2.20. The molecular weight excluding hydrogens is 405 g/mol. The van der Waals surface area contributed by atoms with Crippen LogP contribution in [-0.2, 0) is 11.2 Å². The fraction of sp³-hybridized carbons (Fsp3) is 0.261. The zero-order chi connectivity index (χ0) is 21.5. The Labute approximate surface area is 179 Å². The Hall–Kier alpha value is -3.06. The van der Waals surface area contributed by atoms with Crippen LogP contribution in [0.2, 0.25) is 0 Å². The summed E-state index contributed by atoms with van der Waals surface area (Å²) in [6, 6.07) is 13.4. The van der Waals surface area contributed by atoms with Crippen LogP contribution in [0, 0.1) is 5.82 Å². The molecule has 0 saturated heterocycles. The molecule has 1 heterocycles. The van der Waals surface area contributed by atoms with Crippen LogP contribution in [0.25, 0.3) is 0 Å². The molecule has 30 heavy (non-hydrogen) atoms. The molecule has 0 saturated carbocycles. The van der Waals surface area contributed by atoms with E-state index in [2.05, 4.69) is 5.32 Å². The van der Waals surface area contributed by atoms with Crippen LogP contribution in [0.4, 0.5) is 4.39 Å². The molecule has 0 aliphatic heterocycles. The van der Waals surface area contributed by atoms with Gasteiger partial charge in [-0.2, -0.15) is 0 Å². The number of nitrogens with one attached hydrogen (secondary N) is 1. The molecule has 3 rings (SSSR count). The van der Waals surface area contributed by atoms with Gasteiger partial charge in [0.15, 0.2) is 11.5 Å². The Morgan fingerprint density at radius 3 is 2.33 bits per heavy atom. The predicted octanol–water partition coefficient (Wildman–Crippen LogP) is 4.75. The van der Waals surface area contributed by atoms with Gasteiger partial charge in [0, 0.05) is 11.3 Å². The van der Waals surface area contributed by atoms with Gasteiger partial charge in [0.1, 0.15) is 5.82 Å². The first-order valence-corrected chi connectivity index (χ1v) is 10.3. The second-order valence-electron chi connectivity index (χ2n) is 6.56. The summed E-state index contributed by atoms with van der Waals surface area (Å²) in [5.74, 6) is 1.19. The number of benzene rings is 2. The molecule has 158 valence electrons. The zero-order valence-corrected chi connectivity index (χ0v) is 17.9. The van der Waals surface area contributed by atoms with Crippen molar-refractivity contribution in [1.29, 1.82) is 0 Å². The number of hydrogen-bond acceptors (Lipinski definition) is 5. The van der Waals surface area contributed by atoms with E-state index in [4.69, 9.17) is 14.2 Å². The van der Waals surface area contributed by atoms with Crippen LogP contribution >= 0.6 is 11.3 Å². The highest BCUT2D eigenvalue weighted by atomic mass is 32.1. The molecule has 1 N–H and O–H groups in total. The third-order valence-electron chi connectivity index (χ3n) is 4.74. The summed E-state index contributed by atoms with van der Waals surface area (Å²) < 4.78 is 29.5. The monoisotopic (exact) mass is 429 g/mol. The smallest absolute Gasteiger partial charge is 0.221 e. The van der Waals surface area contributed by atoms with Crippen LogP contribution in [-0.4, -0.2) is 27.2 Å². The van der Waals surface area contributed by atoms with E-state index < -0.39 is 0 Å². The highest BCUT2D eigenvalue weighted by Crippen LogP contribution is 2.40. The van der Waals surface area contributed by atoms with Crippen LogP contribution in [0.1, 0.15) is 28.5 Å². The number of ether oxygens (including phenoxy) is 3. The maximum absolute atomic E-state index is 13.3. The topological polar surface area (TPSA) is 56.8 Å². The van der Waals surface area contributed by atoms with Crippen LogP contribution in [0.5, 0.6) is 17.2 Å². The Balaban J connectivity index is 1.74. The molecule has 7 heteroatoms. The van der Waals surface area contributed by atoms with Crippen molar-refractivity contribution >= 4 is 17.2 Å². The number of halogens is 1. The van der Waals surface area contributed by atoms with Gasteiger partial charge in [-0.05, 0) is 47.2 Å². The summed E-state index contributed by atoms with van der Waals surface area (Å²) in [7, 11) is 4.66. The van der Waals surface area contributed by atoms with Gasteiger partial charge in [-0.15, -0.1) is 11.3 Å². The molecule has 0 radical (unpaired) electrons. The molecule has 0 aliphatic carbocycles. The Morgan fingerprint density at radius 2 is 1.73 bits per heavy atom. The van der Waals surface area contributed by atoms with Gasteiger partial charge in [-0.1, -0.05) is 24.3 Å². The summed E-state index contributed by atoms with van der Waals surface area (Å²) in [4.78, 5) is 13.7. The molecule has 2 aromatic carbocycles. The van der Waals surface area contributed by atoms with E-state index in [1.165, 1.54) is 12.1 Å². The third-order valence-corrected chi connectivity index (χ3v) is 5.68. The lowest BCUT2D eigenvalue weighted by Gasteiger charge is -2.19. The van der Waals surface area contributed by atoms with Gasteiger partial charge in [-0.3, -0.25) is 4.79 Å².